The fraction of sp³-hybridized carbons (Fsp3) is 0.0303. The molecule has 1 heterocycles. The summed E-state index contributed by atoms with van der Waals surface area (Å²) < 4.78 is 28.2. The van der Waals surface area contributed by atoms with Gasteiger partial charge in [0.05, 0.1) is 21.2 Å². The average molecular weight is 498 g/mol. The van der Waals surface area contributed by atoms with Crippen molar-refractivity contribution >= 4 is 42.8 Å². The van der Waals surface area contributed by atoms with Crippen molar-refractivity contribution in [1.82, 2.24) is 0 Å². The van der Waals surface area contributed by atoms with Crippen molar-refractivity contribution in [3.63, 3.8) is 0 Å². The number of sulfone groups is 1. The summed E-state index contributed by atoms with van der Waals surface area (Å²) in [7, 11) is -1.81. The molecule has 0 amide bonds. The molecule has 0 fully saturated rings. The van der Waals surface area contributed by atoms with Gasteiger partial charge in [-0.25, -0.2) is 8.42 Å². The van der Waals surface area contributed by atoms with Gasteiger partial charge in [-0.2, -0.15) is 0 Å². The predicted octanol–water partition coefficient (Wildman–Crippen LogP) is 8.24. The van der Waals surface area contributed by atoms with Crippen molar-refractivity contribution in [3.8, 4) is 22.3 Å². The molecule has 0 N–H and O–H groups in total. The third kappa shape index (κ3) is 3.30. The molecule has 1 aliphatic heterocycles. The second kappa shape index (κ2) is 8.05. The lowest BCUT2D eigenvalue weighted by Gasteiger charge is -2.30. The molecule has 0 spiro atoms. The molecular formula is C33H23NO2S. The first-order chi connectivity index (χ1) is 18.0. The number of nitrogens with zero attached hydrogens (tertiary/aromatic N) is 1. The van der Waals surface area contributed by atoms with Crippen LogP contribution in [0.15, 0.2) is 131 Å². The van der Waals surface area contributed by atoms with E-state index in [9.17, 15) is 8.42 Å². The molecule has 0 aromatic heterocycles. The standard InChI is InChI=1S/C33H23NO2S/c1-34-30-18-16-24(28-14-6-10-22-8-2-4-12-26(22)28)20-32(30)37(35,36)33-21-25(17-19-31(33)34)29-15-7-11-23-9-3-5-13-27(23)29/h2-21H,1H3. The molecule has 7 rings (SSSR count). The lowest BCUT2D eigenvalue weighted by molar-refractivity contribution is 0.594. The first-order valence-electron chi connectivity index (χ1n) is 12.3. The average Bonchev–Trinajstić information content (AvgIpc) is 2.95. The number of benzene rings is 6. The Morgan fingerprint density at radius 1 is 0.514 bits per heavy atom. The molecule has 0 radical (unpaired) electrons. The minimum absolute atomic E-state index is 0.336. The smallest absolute Gasteiger partial charge is 0.210 e. The fourth-order valence-corrected chi connectivity index (χ4v) is 7.31. The summed E-state index contributed by atoms with van der Waals surface area (Å²) in [5.41, 5.74) is 5.20. The molecule has 0 saturated carbocycles. The normalized spacial score (nSPS) is 13.9. The topological polar surface area (TPSA) is 37.4 Å². The van der Waals surface area contributed by atoms with Gasteiger partial charge < -0.3 is 4.90 Å². The van der Waals surface area contributed by atoms with Crippen LogP contribution in [0.2, 0.25) is 0 Å². The highest BCUT2D eigenvalue weighted by Gasteiger charge is 2.33. The molecule has 6 aromatic carbocycles. The molecule has 0 aliphatic carbocycles. The first kappa shape index (κ1) is 21.8. The monoisotopic (exact) mass is 497 g/mol. The van der Waals surface area contributed by atoms with Gasteiger partial charge in [-0.05, 0) is 68.1 Å². The molecule has 4 heteroatoms. The summed E-state index contributed by atoms with van der Waals surface area (Å²) in [6, 6.07) is 40.2. The van der Waals surface area contributed by atoms with Gasteiger partial charge in [-0.3, -0.25) is 0 Å². The summed E-state index contributed by atoms with van der Waals surface area (Å²) in [6.07, 6.45) is 0. The van der Waals surface area contributed by atoms with E-state index in [1.807, 2.05) is 84.7 Å². The van der Waals surface area contributed by atoms with E-state index >= 15 is 0 Å². The zero-order valence-electron chi connectivity index (χ0n) is 20.2. The quantitative estimate of drug-likeness (QED) is 0.242. The molecule has 6 aromatic rings. The lowest BCUT2D eigenvalue weighted by Crippen LogP contribution is -2.22. The number of hydrogen-bond acceptors (Lipinski definition) is 3. The van der Waals surface area contributed by atoms with Gasteiger partial charge >= 0.3 is 0 Å². The van der Waals surface area contributed by atoms with E-state index in [1.165, 1.54) is 0 Å². The molecule has 178 valence electrons. The maximum Gasteiger partial charge on any atom is 0.210 e. The number of hydrogen-bond donors (Lipinski definition) is 0. The second-order valence-electron chi connectivity index (χ2n) is 9.48. The third-order valence-electron chi connectivity index (χ3n) is 7.42. The zero-order chi connectivity index (χ0) is 25.1. The highest BCUT2D eigenvalue weighted by molar-refractivity contribution is 7.92. The lowest BCUT2D eigenvalue weighted by atomic mass is 9.97. The maximum atomic E-state index is 14.1. The predicted molar refractivity (Wildman–Crippen MR) is 152 cm³/mol. The highest BCUT2D eigenvalue weighted by atomic mass is 32.2. The maximum absolute atomic E-state index is 14.1. The SMILES string of the molecule is CN1c2ccc(-c3cccc4ccccc34)cc2S(=O)(=O)c2cc(-c3cccc4ccccc34)ccc21. The van der Waals surface area contributed by atoms with Gasteiger partial charge in [-0.15, -0.1) is 0 Å². The largest absolute Gasteiger partial charge is 0.342 e. The molecule has 0 atom stereocenters. The molecule has 1 aliphatic rings. The van der Waals surface area contributed by atoms with Crippen LogP contribution in [-0.2, 0) is 9.84 Å². The van der Waals surface area contributed by atoms with E-state index < -0.39 is 9.84 Å². The van der Waals surface area contributed by atoms with Gasteiger partial charge in [0, 0.05) is 7.05 Å². The van der Waals surface area contributed by atoms with Crippen molar-refractivity contribution in [1.29, 1.82) is 0 Å². The Kier molecular flexibility index (Phi) is 4.75. The van der Waals surface area contributed by atoms with Crippen molar-refractivity contribution < 1.29 is 8.42 Å². The van der Waals surface area contributed by atoms with Crippen LogP contribution in [0.5, 0.6) is 0 Å². The molecular weight excluding hydrogens is 474 g/mol. The van der Waals surface area contributed by atoms with Crippen LogP contribution in [0.1, 0.15) is 0 Å². The van der Waals surface area contributed by atoms with Gasteiger partial charge in [-0.1, -0.05) is 97.1 Å². The Morgan fingerprint density at radius 3 is 1.43 bits per heavy atom. The summed E-state index contributed by atoms with van der Waals surface area (Å²) in [6.45, 7) is 0. The van der Waals surface area contributed by atoms with Gasteiger partial charge in [0.1, 0.15) is 0 Å². The summed E-state index contributed by atoms with van der Waals surface area (Å²) in [4.78, 5) is 2.65. The van der Waals surface area contributed by atoms with E-state index in [1.54, 1.807) is 0 Å². The number of fused-ring (bicyclic) bond motifs is 4. The molecule has 0 saturated heterocycles. The van der Waals surface area contributed by atoms with Crippen LogP contribution >= 0.6 is 0 Å². The second-order valence-corrected chi connectivity index (χ2v) is 11.4. The minimum atomic E-state index is -3.74. The Bertz CT molecular complexity index is 1830. The van der Waals surface area contributed by atoms with Crippen molar-refractivity contribution in [3.05, 3.63) is 121 Å². The van der Waals surface area contributed by atoms with Crippen LogP contribution in [0.4, 0.5) is 11.4 Å². The first-order valence-corrected chi connectivity index (χ1v) is 13.7. The van der Waals surface area contributed by atoms with Crippen molar-refractivity contribution in [2.45, 2.75) is 9.79 Å². The highest BCUT2D eigenvalue weighted by Crippen LogP contribution is 2.46. The van der Waals surface area contributed by atoms with E-state index in [0.717, 1.165) is 43.8 Å². The van der Waals surface area contributed by atoms with E-state index in [0.29, 0.717) is 21.2 Å². The van der Waals surface area contributed by atoms with E-state index in [-0.39, 0.29) is 0 Å². The van der Waals surface area contributed by atoms with Crippen LogP contribution in [0.3, 0.4) is 0 Å². The van der Waals surface area contributed by atoms with Crippen LogP contribution < -0.4 is 4.90 Å². The van der Waals surface area contributed by atoms with Crippen LogP contribution in [-0.4, -0.2) is 15.5 Å². The Morgan fingerprint density at radius 2 is 0.946 bits per heavy atom. The van der Waals surface area contributed by atoms with E-state index in [4.69, 9.17) is 0 Å². The van der Waals surface area contributed by atoms with Crippen molar-refractivity contribution in [2.24, 2.45) is 0 Å². The number of rotatable bonds is 2. The van der Waals surface area contributed by atoms with Gasteiger partial charge in [0.2, 0.25) is 9.84 Å². The molecule has 0 bridgehead atoms. The number of anilines is 2. The Hall–Kier alpha value is -4.41. The summed E-state index contributed by atoms with van der Waals surface area (Å²) >= 11 is 0. The molecule has 37 heavy (non-hydrogen) atoms. The van der Waals surface area contributed by atoms with Gasteiger partial charge in [0.15, 0.2) is 0 Å². The van der Waals surface area contributed by atoms with Crippen LogP contribution in [0, 0.1) is 0 Å². The fourth-order valence-electron chi connectivity index (χ4n) is 5.55. The zero-order valence-corrected chi connectivity index (χ0v) is 21.0. The molecule has 0 unspecified atom stereocenters. The summed E-state index contributed by atoms with van der Waals surface area (Å²) in [5.74, 6) is 0. The Labute approximate surface area is 216 Å². The Balaban J connectivity index is 1.41. The van der Waals surface area contributed by atoms with E-state index in [2.05, 4.69) is 48.5 Å². The third-order valence-corrected chi connectivity index (χ3v) is 9.23. The van der Waals surface area contributed by atoms with Crippen LogP contribution in [0.25, 0.3) is 43.8 Å². The summed E-state index contributed by atoms with van der Waals surface area (Å²) in [5, 5.41) is 4.46. The minimum Gasteiger partial charge on any atom is -0.342 e. The molecule has 3 nitrogen and oxygen atoms in total. The van der Waals surface area contributed by atoms with Crippen molar-refractivity contribution in [2.75, 3.05) is 11.9 Å². The van der Waals surface area contributed by atoms with Gasteiger partial charge in [0.25, 0.3) is 0 Å².